The van der Waals surface area contributed by atoms with Gasteiger partial charge in [-0.1, -0.05) is 0 Å². The highest BCUT2D eigenvalue weighted by molar-refractivity contribution is 7.12. The lowest BCUT2D eigenvalue weighted by Gasteiger charge is -2.25. The van der Waals surface area contributed by atoms with E-state index in [0.717, 1.165) is 13.0 Å². The third kappa shape index (κ3) is 4.18. The van der Waals surface area contributed by atoms with Crippen LogP contribution in [0.25, 0.3) is 0 Å². The van der Waals surface area contributed by atoms with E-state index in [1.807, 2.05) is 20.8 Å². The van der Waals surface area contributed by atoms with Crippen LogP contribution in [0, 0.1) is 12.8 Å². The van der Waals surface area contributed by atoms with E-state index in [1.54, 1.807) is 16.2 Å². The van der Waals surface area contributed by atoms with Gasteiger partial charge >= 0.3 is 6.09 Å². The fraction of sp³-hybridized carbons (Fsp3) is 0.667. The van der Waals surface area contributed by atoms with Crippen molar-refractivity contribution in [2.24, 2.45) is 11.8 Å². The highest BCUT2D eigenvalue weighted by Crippen LogP contribution is 2.33. The highest BCUT2D eigenvalue weighted by Gasteiger charge is 2.34. The molecular formula is C15H25N3O2S. The number of nitrogens with two attached hydrogens (primary N) is 1. The van der Waals surface area contributed by atoms with Crippen LogP contribution in [0.15, 0.2) is 12.1 Å². The Morgan fingerprint density at radius 1 is 1.52 bits per heavy atom. The minimum atomic E-state index is -0.453. The van der Waals surface area contributed by atoms with Crippen LogP contribution in [0.4, 0.5) is 4.79 Å². The van der Waals surface area contributed by atoms with Crippen molar-refractivity contribution in [3.8, 4) is 0 Å². The van der Waals surface area contributed by atoms with Crippen molar-refractivity contribution in [2.75, 3.05) is 13.1 Å². The minimum absolute atomic E-state index is 0.0936. The summed E-state index contributed by atoms with van der Waals surface area (Å²) in [5.41, 5.74) is 2.46. The zero-order chi connectivity index (χ0) is 15.6. The number of rotatable bonds is 3. The predicted molar refractivity (Wildman–Crippen MR) is 85.0 cm³/mol. The smallest absolute Gasteiger partial charge is 0.410 e. The summed E-state index contributed by atoms with van der Waals surface area (Å²) < 4.78 is 5.43. The van der Waals surface area contributed by atoms with Gasteiger partial charge in [0.1, 0.15) is 5.60 Å². The number of nitrogens with one attached hydrogen (secondary N) is 1. The van der Waals surface area contributed by atoms with Gasteiger partial charge in [0.05, 0.1) is 6.04 Å². The third-order valence-corrected chi connectivity index (χ3v) is 4.68. The van der Waals surface area contributed by atoms with E-state index in [1.165, 1.54) is 9.75 Å². The maximum atomic E-state index is 12.1. The summed E-state index contributed by atoms with van der Waals surface area (Å²) in [6.07, 6.45) is 0.702. The van der Waals surface area contributed by atoms with Crippen molar-refractivity contribution in [1.82, 2.24) is 10.3 Å². The summed E-state index contributed by atoms with van der Waals surface area (Å²) in [6, 6.07) is 4.31. The Labute approximate surface area is 130 Å². The average Bonchev–Trinajstić information content (AvgIpc) is 2.98. The second-order valence-corrected chi connectivity index (χ2v) is 7.89. The van der Waals surface area contributed by atoms with Crippen LogP contribution in [-0.4, -0.2) is 29.7 Å². The largest absolute Gasteiger partial charge is 0.444 e. The highest BCUT2D eigenvalue weighted by atomic mass is 32.1. The maximum Gasteiger partial charge on any atom is 0.410 e. The van der Waals surface area contributed by atoms with E-state index in [-0.39, 0.29) is 12.1 Å². The van der Waals surface area contributed by atoms with Crippen molar-refractivity contribution in [3.05, 3.63) is 21.9 Å². The first-order valence-corrected chi connectivity index (χ1v) is 8.12. The summed E-state index contributed by atoms with van der Waals surface area (Å²) in [7, 11) is 0. The molecule has 0 radical (unpaired) electrons. The Morgan fingerprint density at radius 3 is 2.76 bits per heavy atom. The van der Waals surface area contributed by atoms with Gasteiger partial charge in [-0.3, -0.25) is 11.3 Å². The van der Waals surface area contributed by atoms with Crippen LogP contribution in [-0.2, 0) is 4.74 Å². The number of thiophene rings is 1. The summed E-state index contributed by atoms with van der Waals surface area (Å²) in [5.74, 6) is 6.06. The first-order chi connectivity index (χ1) is 9.80. The number of hydrazine groups is 1. The van der Waals surface area contributed by atoms with E-state index in [0.29, 0.717) is 12.5 Å². The molecular weight excluding hydrogens is 286 g/mol. The molecule has 0 bridgehead atoms. The molecule has 1 aliphatic rings. The number of carbonyl (C=O) groups excluding carboxylic acids is 1. The molecule has 1 fully saturated rings. The number of ether oxygens (including phenoxy) is 1. The molecule has 2 unspecified atom stereocenters. The first kappa shape index (κ1) is 16.3. The lowest BCUT2D eigenvalue weighted by atomic mass is 9.98. The van der Waals surface area contributed by atoms with Gasteiger partial charge in [0.2, 0.25) is 0 Å². The Morgan fingerprint density at radius 2 is 2.24 bits per heavy atom. The molecule has 3 N–H and O–H groups in total. The Hall–Kier alpha value is -1.11. The predicted octanol–water partition coefficient (Wildman–Crippen LogP) is 2.82. The van der Waals surface area contributed by atoms with Crippen LogP contribution in [0.2, 0.25) is 0 Å². The van der Waals surface area contributed by atoms with Crippen LogP contribution in [0.1, 0.15) is 43.0 Å². The fourth-order valence-electron chi connectivity index (χ4n) is 2.62. The SMILES string of the molecule is Cc1ccc(C(NN)C2CCN(C(=O)OC(C)(C)C)C2)s1. The van der Waals surface area contributed by atoms with Crippen LogP contribution >= 0.6 is 11.3 Å². The standard InChI is InChI=1S/C15H25N3O2S/c1-10-5-6-12(21-10)13(17-16)11-7-8-18(9-11)14(19)20-15(2,3)4/h5-6,11,13,17H,7-9,16H2,1-4H3. The van der Waals surface area contributed by atoms with Crippen LogP contribution in [0.5, 0.6) is 0 Å². The lowest BCUT2D eigenvalue weighted by Crippen LogP contribution is -2.38. The number of hydrogen-bond donors (Lipinski definition) is 2. The normalized spacial score (nSPS) is 20.6. The number of nitrogens with zero attached hydrogens (tertiary/aromatic N) is 1. The molecule has 1 amide bonds. The number of likely N-dealkylation sites (tertiary alicyclic amines) is 1. The van der Waals surface area contributed by atoms with Gasteiger partial charge in [0.15, 0.2) is 0 Å². The summed E-state index contributed by atoms with van der Waals surface area (Å²) in [5, 5.41) is 0. The van der Waals surface area contributed by atoms with Gasteiger partial charge in [-0.15, -0.1) is 11.3 Å². The van der Waals surface area contributed by atoms with E-state index < -0.39 is 5.60 Å². The Bertz CT molecular complexity index is 495. The molecule has 5 nitrogen and oxygen atoms in total. The minimum Gasteiger partial charge on any atom is -0.444 e. The zero-order valence-corrected chi connectivity index (χ0v) is 14.0. The molecule has 1 aliphatic heterocycles. The van der Waals surface area contributed by atoms with Crippen LogP contribution in [0.3, 0.4) is 0 Å². The molecule has 1 aromatic heterocycles. The molecule has 2 heterocycles. The molecule has 0 saturated carbocycles. The van der Waals surface area contributed by atoms with E-state index in [9.17, 15) is 4.79 Å². The quantitative estimate of drug-likeness (QED) is 0.665. The maximum absolute atomic E-state index is 12.1. The monoisotopic (exact) mass is 311 g/mol. The number of hydrogen-bond acceptors (Lipinski definition) is 5. The number of aryl methyl sites for hydroxylation is 1. The molecule has 1 saturated heterocycles. The van der Waals surface area contributed by atoms with Gasteiger partial charge in [-0.25, -0.2) is 4.79 Å². The molecule has 1 aromatic rings. The summed E-state index contributed by atoms with van der Waals surface area (Å²) in [4.78, 5) is 16.4. The molecule has 0 aliphatic carbocycles. The summed E-state index contributed by atoms with van der Waals surface area (Å²) >= 11 is 1.75. The molecule has 2 rings (SSSR count). The topological polar surface area (TPSA) is 67.6 Å². The van der Waals surface area contributed by atoms with Crippen LogP contribution < -0.4 is 11.3 Å². The van der Waals surface area contributed by atoms with Crippen molar-refractivity contribution in [2.45, 2.75) is 45.8 Å². The van der Waals surface area contributed by atoms with Gasteiger partial charge in [-0.05, 0) is 52.2 Å². The average molecular weight is 311 g/mol. The molecule has 0 aromatic carbocycles. The molecule has 6 heteroatoms. The third-order valence-electron chi connectivity index (χ3n) is 3.60. The second-order valence-electron chi connectivity index (χ2n) is 6.57. The number of amides is 1. The molecule has 21 heavy (non-hydrogen) atoms. The van der Waals surface area contributed by atoms with Gasteiger partial charge in [0.25, 0.3) is 0 Å². The molecule has 118 valence electrons. The molecule has 0 spiro atoms. The van der Waals surface area contributed by atoms with E-state index >= 15 is 0 Å². The first-order valence-electron chi connectivity index (χ1n) is 7.30. The number of carbonyl (C=O) groups is 1. The van der Waals surface area contributed by atoms with E-state index in [4.69, 9.17) is 10.6 Å². The Kier molecular flexibility index (Phi) is 4.91. The van der Waals surface area contributed by atoms with Gasteiger partial charge in [0, 0.05) is 22.8 Å². The fourth-order valence-corrected chi connectivity index (χ4v) is 3.65. The summed E-state index contributed by atoms with van der Waals surface area (Å²) in [6.45, 7) is 9.15. The van der Waals surface area contributed by atoms with Crippen molar-refractivity contribution in [3.63, 3.8) is 0 Å². The van der Waals surface area contributed by atoms with Gasteiger partial charge < -0.3 is 9.64 Å². The van der Waals surface area contributed by atoms with Gasteiger partial charge in [-0.2, -0.15) is 0 Å². The molecule has 2 atom stereocenters. The van der Waals surface area contributed by atoms with Crippen molar-refractivity contribution < 1.29 is 9.53 Å². The second kappa shape index (κ2) is 6.34. The zero-order valence-electron chi connectivity index (χ0n) is 13.2. The van der Waals surface area contributed by atoms with Crippen molar-refractivity contribution in [1.29, 1.82) is 0 Å². The lowest BCUT2D eigenvalue weighted by molar-refractivity contribution is 0.0285. The van der Waals surface area contributed by atoms with Crippen molar-refractivity contribution >= 4 is 17.4 Å². The Balaban J connectivity index is 1.99. The van der Waals surface area contributed by atoms with E-state index in [2.05, 4.69) is 24.5 Å².